The molecule has 0 unspecified atom stereocenters. The van der Waals surface area contributed by atoms with E-state index in [4.69, 9.17) is 0 Å². The number of hydrogen-bond donors (Lipinski definition) is 4. The van der Waals surface area contributed by atoms with Crippen LogP contribution in [0.25, 0.3) is 0 Å². The van der Waals surface area contributed by atoms with Crippen molar-refractivity contribution in [2.24, 2.45) is 0 Å². The van der Waals surface area contributed by atoms with Crippen LogP contribution in [0, 0.1) is 13.8 Å². The molecule has 0 radical (unpaired) electrons. The molecule has 30 nitrogen and oxygen atoms in total. The molecular weight excluding hydrogens is 1270 g/mol. The molecule has 0 saturated carbocycles. The smallest absolute Gasteiger partial charge is 0.268 e. The first-order valence-corrected chi connectivity index (χ1v) is 30.6. The number of nitrogens with zero attached hydrogens (tertiary/aromatic N) is 14. The van der Waals surface area contributed by atoms with Crippen LogP contribution >= 0.6 is 0 Å². The molecular formula is C69H50N18O12. The predicted molar refractivity (Wildman–Crippen MR) is 350 cm³/mol. The number of aromatic nitrogens is 10. The van der Waals surface area contributed by atoms with Crippen LogP contribution in [0.3, 0.4) is 0 Å². The van der Waals surface area contributed by atoms with Crippen molar-refractivity contribution in [2.45, 2.75) is 46.2 Å². The van der Waals surface area contributed by atoms with Gasteiger partial charge in [-0.3, -0.25) is 57.5 Å². The lowest BCUT2D eigenvalue weighted by molar-refractivity contribution is 0.0904. The van der Waals surface area contributed by atoms with E-state index in [1.165, 1.54) is 86.9 Å². The van der Waals surface area contributed by atoms with Gasteiger partial charge in [-0.2, -0.15) is 29.9 Å². The van der Waals surface area contributed by atoms with Gasteiger partial charge in [0.2, 0.25) is 23.8 Å². The zero-order valence-electron chi connectivity index (χ0n) is 52.6. The highest BCUT2D eigenvalue weighted by molar-refractivity contribution is 6.37. The molecule has 0 aliphatic carbocycles. The normalized spacial score (nSPS) is 13.7. The van der Waals surface area contributed by atoms with E-state index in [2.05, 4.69) is 61.1 Å². The number of aryl methyl sites for hydroxylation is 6. The molecule has 0 bridgehead atoms. The first-order chi connectivity index (χ1) is 47.7. The number of nitrogens with one attached hydrogen (secondary N) is 4. The van der Waals surface area contributed by atoms with Crippen molar-refractivity contribution in [2.75, 3.05) is 44.3 Å². The number of fused-ring (bicyclic) bond motifs is 4. The summed E-state index contributed by atoms with van der Waals surface area (Å²) in [6.07, 6.45) is 7.27. The minimum Gasteiger partial charge on any atom is -0.355 e. The topological polar surface area (TPSA) is 379 Å². The van der Waals surface area contributed by atoms with E-state index >= 15 is 0 Å². The van der Waals surface area contributed by atoms with E-state index in [0.717, 1.165) is 11.1 Å². The Labute approximate surface area is 558 Å². The van der Waals surface area contributed by atoms with Crippen LogP contribution in [-0.4, -0.2) is 134 Å². The number of imidazole rings is 2. The van der Waals surface area contributed by atoms with E-state index < -0.39 is 94.7 Å². The molecule has 0 fully saturated rings. The summed E-state index contributed by atoms with van der Waals surface area (Å²) in [5.74, 6) is -9.40. The Kier molecular flexibility index (Phi) is 15.7. The fraction of sp³-hybridized carbons (Fsp3) is 0.130. The van der Waals surface area contributed by atoms with Gasteiger partial charge >= 0.3 is 0 Å². The summed E-state index contributed by atoms with van der Waals surface area (Å²) >= 11 is 0. The predicted octanol–water partition coefficient (Wildman–Crippen LogP) is 5.57. The summed E-state index contributed by atoms with van der Waals surface area (Å²) in [5, 5.41) is 10.6. The van der Waals surface area contributed by atoms with Gasteiger partial charge in [0.25, 0.3) is 70.9 Å². The molecule has 488 valence electrons. The summed E-state index contributed by atoms with van der Waals surface area (Å²) in [5.41, 5.74) is 2.25. The summed E-state index contributed by atoms with van der Waals surface area (Å²) < 4.78 is 3.61. The maximum atomic E-state index is 14.3. The quantitative estimate of drug-likeness (QED) is 0.0763. The number of amides is 12. The lowest BCUT2D eigenvalue weighted by Crippen LogP contribution is -2.35. The molecule has 0 saturated heterocycles. The van der Waals surface area contributed by atoms with E-state index in [0.29, 0.717) is 49.0 Å². The molecule has 4 aliphatic rings. The molecule has 8 heterocycles. The highest BCUT2D eigenvalue weighted by Gasteiger charge is 2.45. The highest BCUT2D eigenvalue weighted by Crippen LogP contribution is 2.35. The van der Waals surface area contributed by atoms with Crippen molar-refractivity contribution in [3.63, 3.8) is 0 Å². The molecule has 4 aliphatic heterocycles. The van der Waals surface area contributed by atoms with Gasteiger partial charge in [-0.05, 0) is 128 Å². The number of imide groups is 4. The third-order valence-corrected chi connectivity index (χ3v) is 17.0. The SMILES string of the molecule is CNC(=O)c1ccc2c(c1)C(=O)N(c1nc(CCn3ccnc3C)nc(N3C(=O)c4ccc(C(=O)Nc5ccc(Cc6ccc(NC(=O)c7ccc8c(c7)C(=O)N(c7nc(CCn9ccnc9C)nc(N9C(=O)c%10ccc(C(=O)NC)cc%10C9=O)n7)C8=O)cc6)cc5)cc4C3=O)n1)C2=O. The number of hydrogen-bond acceptors (Lipinski definition) is 20. The van der Waals surface area contributed by atoms with Crippen molar-refractivity contribution < 1.29 is 57.5 Å². The standard InChI is InChI=1S/C69H50N18O12/c1-34-72-23-27-82(34)25-21-52-76-66(84-58(92)44-17-9-38(54(88)70-3)30-48(44)62(84)96)80-68(78-52)86-60(94)46-19-11-40(32-50(46)64(86)98)56(90)74-42-13-5-36(6-14-42)29-37-7-15-43(16-8-37)75-57(91)41-12-20-47-51(33-41)65(99)87(61(47)95)69-79-53(22-26-83-28-24-73-35(83)2)77-67(81-69)85-59(93)45-18-10-39(55(89)71-4)31-49(45)63(85)97/h5-20,23-24,27-28,30-33H,21-22,25-26,29H2,1-4H3,(H,70,88)(H,71,89)(H,74,90)(H,75,91). The second kappa shape index (κ2) is 24.8. The van der Waals surface area contributed by atoms with Crippen LogP contribution in [0.4, 0.5) is 35.2 Å². The largest absolute Gasteiger partial charge is 0.355 e. The van der Waals surface area contributed by atoms with Crippen LogP contribution in [0.1, 0.15) is 159 Å². The maximum absolute atomic E-state index is 14.3. The third kappa shape index (κ3) is 11.3. The average Bonchev–Trinajstić information content (AvgIpc) is 1.61. The third-order valence-electron chi connectivity index (χ3n) is 17.0. The van der Waals surface area contributed by atoms with Crippen molar-refractivity contribution in [1.29, 1.82) is 0 Å². The van der Waals surface area contributed by atoms with E-state index in [-0.39, 0.29) is 104 Å². The minimum atomic E-state index is -0.883. The van der Waals surface area contributed by atoms with Crippen molar-refractivity contribution in [1.82, 2.24) is 59.6 Å². The van der Waals surface area contributed by atoms with Crippen LogP contribution in [0.15, 0.2) is 146 Å². The Bertz CT molecular complexity index is 4930. The first kappa shape index (κ1) is 62.6. The van der Waals surface area contributed by atoms with E-state index in [1.54, 1.807) is 96.3 Å². The Morgan fingerprint density at radius 3 is 0.909 bits per heavy atom. The van der Waals surface area contributed by atoms with Gasteiger partial charge in [0.15, 0.2) is 0 Å². The number of carbonyl (C=O) groups is 12. The van der Waals surface area contributed by atoms with Gasteiger partial charge in [0.05, 0.1) is 44.5 Å². The van der Waals surface area contributed by atoms with Gasteiger partial charge in [-0.1, -0.05) is 24.3 Å². The number of carbonyl (C=O) groups excluding carboxylic acids is 12. The molecule has 30 heteroatoms. The van der Waals surface area contributed by atoms with Crippen LogP contribution < -0.4 is 40.9 Å². The lowest BCUT2D eigenvalue weighted by atomic mass is 10.0. The van der Waals surface area contributed by atoms with E-state index in [9.17, 15) is 57.5 Å². The number of benzene rings is 6. The Morgan fingerprint density at radius 2 is 0.636 bits per heavy atom. The summed E-state index contributed by atoms with van der Waals surface area (Å²) in [6, 6.07) is 29.9. The molecule has 12 amide bonds. The molecule has 4 N–H and O–H groups in total. The van der Waals surface area contributed by atoms with Gasteiger partial charge in [-0.15, -0.1) is 0 Å². The number of rotatable bonds is 18. The Balaban J connectivity index is 0.623. The fourth-order valence-electron chi connectivity index (χ4n) is 11.7. The van der Waals surface area contributed by atoms with Gasteiger partial charge < -0.3 is 30.4 Å². The zero-order valence-corrected chi connectivity index (χ0v) is 52.6. The van der Waals surface area contributed by atoms with Crippen LogP contribution in [0.5, 0.6) is 0 Å². The molecule has 99 heavy (non-hydrogen) atoms. The van der Waals surface area contributed by atoms with Crippen LogP contribution in [-0.2, 0) is 32.4 Å². The van der Waals surface area contributed by atoms with E-state index in [1.807, 2.05) is 0 Å². The fourth-order valence-corrected chi connectivity index (χ4v) is 11.7. The Hall–Kier alpha value is -13.8. The van der Waals surface area contributed by atoms with Gasteiger partial charge in [0.1, 0.15) is 23.3 Å². The van der Waals surface area contributed by atoms with Crippen molar-refractivity contribution in [3.05, 3.63) is 247 Å². The van der Waals surface area contributed by atoms with Crippen LogP contribution in [0.2, 0.25) is 0 Å². The summed E-state index contributed by atoms with van der Waals surface area (Å²) in [7, 11) is 2.84. The molecule has 10 aromatic rings. The molecule has 6 aromatic carbocycles. The van der Waals surface area contributed by atoms with Crippen molar-refractivity contribution >= 4 is 106 Å². The zero-order chi connectivity index (χ0) is 69.2. The molecule has 14 rings (SSSR count). The van der Waals surface area contributed by atoms with Gasteiger partial charge in [-0.25, -0.2) is 29.6 Å². The van der Waals surface area contributed by atoms with Crippen molar-refractivity contribution in [3.8, 4) is 0 Å². The highest BCUT2D eigenvalue weighted by atomic mass is 16.2. The maximum Gasteiger partial charge on any atom is 0.268 e. The number of anilines is 6. The average molecular weight is 1320 g/mol. The molecule has 0 atom stereocenters. The lowest BCUT2D eigenvalue weighted by Gasteiger charge is -2.17. The second-order valence-corrected chi connectivity index (χ2v) is 23.0. The monoisotopic (exact) mass is 1320 g/mol. The summed E-state index contributed by atoms with van der Waals surface area (Å²) in [4.78, 5) is 202. The van der Waals surface area contributed by atoms with Gasteiger partial charge in [0, 0.05) is 98.4 Å². The first-order valence-electron chi connectivity index (χ1n) is 30.6. The Morgan fingerprint density at radius 1 is 0.354 bits per heavy atom. The molecule has 0 spiro atoms. The minimum absolute atomic E-state index is 0.0202. The second-order valence-electron chi connectivity index (χ2n) is 23.0. The molecule has 4 aromatic heterocycles. The summed E-state index contributed by atoms with van der Waals surface area (Å²) in [6.45, 7) is 4.14.